The lowest BCUT2D eigenvalue weighted by Gasteiger charge is -2.36. The summed E-state index contributed by atoms with van der Waals surface area (Å²) in [6.45, 7) is 6.05. The van der Waals surface area contributed by atoms with Gasteiger partial charge in [-0.25, -0.2) is 4.90 Å². The second kappa shape index (κ2) is 9.22. The first-order chi connectivity index (χ1) is 15.5. The van der Waals surface area contributed by atoms with E-state index in [2.05, 4.69) is 11.8 Å². The van der Waals surface area contributed by atoms with Crippen molar-refractivity contribution < 1.29 is 19.1 Å². The topological polar surface area (TPSA) is 62.3 Å². The third-order valence-electron chi connectivity index (χ3n) is 5.96. The van der Waals surface area contributed by atoms with E-state index in [1.165, 1.54) is 4.90 Å². The Bertz CT molecular complexity index is 1080. The van der Waals surface area contributed by atoms with Gasteiger partial charge in [-0.1, -0.05) is 36.7 Å². The predicted molar refractivity (Wildman–Crippen MR) is 124 cm³/mol. The van der Waals surface area contributed by atoms with Crippen LogP contribution in [0.15, 0.2) is 48.2 Å². The van der Waals surface area contributed by atoms with E-state index >= 15 is 0 Å². The van der Waals surface area contributed by atoms with E-state index in [1.54, 1.807) is 56.7 Å². The molecule has 0 aromatic heterocycles. The molecule has 8 heteroatoms. The van der Waals surface area contributed by atoms with Crippen molar-refractivity contribution in [2.75, 3.05) is 51.8 Å². The molecule has 0 saturated carbocycles. The number of carbonyl (C=O) groups excluding carboxylic acids is 2. The molecule has 0 atom stereocenters. The highest BCUT2D eigenvalue weighted by atomic mass is 35.5. The van der Waals surface area contributed by atoms with Crippen molar-refractivity contribution in [2.24, 2.45) is 0 Å². The molecule has 168 valence electrons. The van der Waals surface area contributed by atoms with E-state index in [4.69, 9.17) is 21.1 Å². The summed E-state index contributed by atoms with van der Waals surface area (Å²) >= 11 is 6.37. The fourth-order valence-corrected chi connectivity index (χ4v) is 4.42. The number of hydrogen-bond acceptors (Lipinski definition) is 6. The highest BCUT2D eigenvalue weighted by Crippen LogP contribution is 2.40. The Morgan fingerprint density at radius 3 is 2.22 bits per heavy atom. The SMILES string of the molecule is CCN1CCN(C2=C(c3ccc(OC)c(OC)c3)C(=O)N(c3ccccc3Cl)C2=O)CC1. The van der Waals surface area contributed by atoms with Gasteiger partial charge in [-0.2, -0.15) is 0 Å². The number of piperazine rings is 1. The molecule has 2 aliphatic rings. The zero-order valence-electron chi connectivity index (χ0n) is 18.4. The van der Waals surface area contributed by atoms with E-state index in [0.29, 0.717) is 52.1 Å². The maximum Gasteiger partial charge on any atom is 0.282 e. The summed E-state index contributed by atoms with van der Waals surface area (Å²) in [6.07, 6.45) is 0. The Morgan fingerprint density at radius 1 is 0.906 bits per heavy atom. The first kappa shape index (κ1) is 22.2. The minimum atomic E-state index is -0.400. The monoisotopic (exact) mass is 455 g/mol. The summed E-state index contributed by atoms with van der Waals surface area (Å²) in [5.41, 5.74) is 1.73. The van der Waals surface area contributed by atoms with E-state index < -0.39 is 5.91 Å². The average Bonchev–Trinajstić information content (AvgIpc) is 3.08. The normalized spacial score (nSPS) is 17.4. The molecule has 1 saturated heterocycles. The minimum Gasteiger partial charge on any atom is -0.493 e. The van der Waals surface area contributed by atoms with Crippen molar-refractivity contribution in [3.63, 3.8) is 0 Å². The van der Waals surface area contributed by atoms with Crippen molar-refractivity contribution in [3.05, 3.63) is 58.7 Å². The van der Waals surface area contributed by atoms with Gasteiger partial charge in [0.05, 0.1) is 30.5 Å². The molecule has 2 aromatic carbocycles. The number of methoxy groups -OCH3 is 2. The molecule has 7 nitrogen and oxygen atoms in total. The van der Waals surface area contributed by atoms with Crippen LogP contribution in [-0.2, 0) is 9.59 Å². The molecule has 0 radical (unpaired) electrons. The molecule has 4 rings (SSSR count). The van der Waals surface area contributed by atoms with Gasteiger partial charge >= 0.3 is 0 Å². The van der Waals surface area contributed by atoms with Gasteiger partial charge in [0, 0.05) is 26.2 Å². The number of likely N-dealkylation sites (N-methyl/N-ethyl adjacent to an activating group) is 1. The molecule has 1 fully saturated rings. The van der Waals surface area contributed by atoms with E-state index in [1.807, 2.05) is 4.90 Å². The van der Waals surface area contributed by atoms with Gasteiger partial charge in [-0.05, 0) is 36.4 Å². The molecular weight excluding hydrogens is 430 g/mol. The van der Waals surface area contributed by atoms with Crippen molar-refractivity contribution in [1.82, 2.24) is 9.80 Å². The lowest BCUT2D eigenvalue weighted by atomic mass is 10.0. The number of imide groups is 1. The molecule has 0 unspecified atom stereocenters. The summed E-state index contributed by atoms with van der Waals surface area (Å²) < 4.78 is 10.8. The fraction of sp³-hybridized carbons (Fsp3) is 0.333. The molecule has 0 bridgehead atoms. The quantitative estimate of drug-likeness (QED) is 0.623. The molecule has 0 aliphatic carbocycles. The van der Waals surface area contributed by atoms with E-state index in [-0.39, 0.29) is 5.91 Å². The zero-order valence-corrected chi connectivity index (χ0v) is 19.2. The van der Waals surface area contributed by atoms with Crippen LogP contribution in [0.25, 0.3) is 5.57 Å². The van der Waals surface area contributed by atoms with Gasteiger partial charge in [0.15, 0.2) is 11.5 Å². The Hall–Kier alpha value is -3.03. The highest BCUT2D eigenvalue weighted by Gasteiger charge is 2.43. The lowest BCUT2D eigenvalue weighted by Crippen LogP contribution is -2.47. The van der Waals surface area contributed by atoms with Gasteiger partial charge in [0.1, 0.15) is 5.70 Å². The van der Waals surface area contributed by atoms with Crippen LogP contribution in [0, 0.1) is 0 Å². The third kappa shape index (κ3) is 3.82. The smallest absolute Gasteiger partial charge is 0.282 e. The zero-order chi connectivity index (χ0) is 22.8. The molecule has 2 heterocycles. The van der Waals surface area contributed by atoms with E-state index in [0.717, 1.165) is 19.6 Å². The number of amides is 2. The van der Waals surface area contributed by atoms with Gasteiger partial charge in [0.2, 0.25) is 0 Å². The van der Waals surface area contributed by atoms with Gasteiger partial charge in [-0.3, -0.25) is 9.59 Å². The van der Waals surface area contributed by atoms with Crippen LogP contribution in [0.5, 0.6) is 11.5 Å². The Balaban J connectivity index is 1.83. The Morgan fingerprint density at radius 2 is 1.59 bits per heavy atom. The molecule has 32 heavy (non-hydrogen) atoms. The van der Waals surface area contributed by atoms with Crippen LogP contribution in [0.2, 0.25) is 5.02 Å². The molecule has 0 N–H and O–H groups in total. The average molecular weight is 456 g/mol. The minimum absolute atomic E-state index is 0.345. The summed E-state index contributed by atoms with van der Waals surface area (Å²) in [4.78, 5) is 32.8. The number of benzene rings is 2. The lowest BCUT2D eigenvalue weighted by molar-refractivity contribution is -0.120. The second-order valence-electron chi connectivity index (χ2n) is 7.61. The maximum atomic E-state index is 13.7. The van der Waals surface area contributed by atoms with Gasteiger partial charge < -0.3 is 19.3 Å². The summed E-state index contributed by atoms with van der Waals surface area (Å²) in [5, 5.41) is 0.345. The second-order valence-corrected chi connectivity index (χ2v) is 8.02. The van der Waals surface area contributed by atoms with Crippen molar-refractivity contribution in [2.45, 2.75) is 6.92 Å². The summed E-state index contributed by atoms with van der Waals surface area (Å²) in [5.74, 6) is 0.278. The van der Waals surface area contributed by atoms with Gasteiger partial charge in [0.25, 0.3) is 11.8 Å². The molecule has 0 spiro atoms. The van der Waals surface area contributed by atoms with Crippen LogP contribution < -0.4 is 14.4 Å². The Labute approximate surface area is 192 Å². The van der Waals surface area contributed by atoms with Crippen LogP contribution in [0.1, 0.15) is 12.5 Å². The van der Waals surface area contributed by atoms with Crippen LogP contribution in [0.4, 0.5) is 5.69 Å². The third-order valence-corrected chi connectivity index (χ3v) is 6.28. The van der Waals surface area contributed by atoms with Gasteiger partial charge in [-0.15, -0.1) is 0 Å². The Kier molecular flexibility index (Phi) is 6.39. The van der Waals surface area contributed by atoms with Crippen molar-refractivity contribution >= 4 is 34.7 Å². The van der Waals surface area contributed by atoms with E-state index in [9.17, 15) is 9.59 Å². The first-order valence-electron chi connectivity index (χ1n) is 10.6. The number of hydrogen-bond donors (Lipinski definition) is 0. The molecular formula is C24H26ClN3O4. The van der Waals surface area contributed by atoms with Crippen molar-refractivity contribution in [1.29, 1.82) is 0 Å². The van der Waals surface area contributed by atoms with Crippen molar-refractivity contribution in [3.8, 4) is 11.5 Å². The molecule has 2 amide bonds. The van der Waals surface area contributed by atoms with Crippen LogP contribution in [-0.4, -0.2) is 68.6 Å². The number of carbonyl (C=O) groups is 2. The summed E-state index contributed by atoms with van der Waals surface area (Å²) in [6, 6.07) is 12.1. The summed E-state index contributed by atoms with van der Waals surface area (Å²) in [7, 11) is 3.09. The molecule has 2 aliphatic heterocycles. The fourth-order valence-electron chi connectivity index (χ4n) is 4.20. The standard InChI is InChI=1S/C24H26ClN3O4/c1-4-26-11-13-27(14-12-26)22-21(16-9-10-19(31-2)20(15-16)32-3)23(29)28(24(22)30)18-8-6-5-7-17(18)25/h5-10,15H,4,11-14H2,1-3H3. The number of rotatable bonds is 6. The molecule has 2 aromatic rings. The first-order valence-corrected chi connectivity index (χ1v) is 10.9. The maximum absolute atomic E-state index is 13.7. The van der Waals surface area contributed by atoms with Crippen LogP contribution >= 0.6 is 11.6 Å². The number of halogens is 1. The van der Waals surface area contributed by atoms with Crippen LogP contribution in [0.3, 0.4) is 0 Å². The number of ether oxygens (including phenoxy) is 2. The number of para-hydroxylation sites is 1. The largest absolute Gasteiger partial charge is 0.493 e. The number of nitrogens with zero attached hydrogens (tertiary/aromatic N) is 3. The highest BCUT2D eigenvalue weighted by molar-refractivity contribution is 6.47. The predicted octanol–water partition coefficient (Wildman–Crippen LogP) is 3.28. The number of anilines is 1.